The summed E-state index contributed by atoms with van der Waals surface area (Å²) in [5.41, 5.74) is 0.813. The van der Waals surface area contributed by atoms with Gasteiger partial charge in [0, 0.05) is 5.69 Å². The van der Waals surface area contributed by atoms with Crippen molar-refractivity contribution in [3.05, 3.63) is 52.2 Å². The molecular weight excluding hydrogens is 328 g/mol. The van der Waals surface area contributed by atoms with E-state index in [2.05, 4.69) is 10.6 Å². The first-order valence-corrected chi connectivity index (χ1v) is 8.31. The maximum Gasteiger partial charge on any atom is 0.338 e. The molecular formula is C17H18N2O4S. The van der Waals surface area contributed by atoms with E-state index in [0.29, 0.717) is 16.1 Å². The molecule has 1 heterocycles. The molecule has 6 nitrogen and oxygen atoms in total. The highest BCUT2D eigenvalue weighted by Gasteiger charge is 2.17. The summed E-state index contributed by atoms with van der Waals surface area (Å²) in [7, 11) is 0. The number of carbonyl (C=O) groups is 3. The fourth-order valence-electron chi connectivity index (χ4n) is 1.93. The van der Waals surface area contributed by atoms with Crippen LogP contribution in [0.3, 0.4) is 0 Å². The van der Waals surface area contributed by atoms with Crippen molar-refractivity contribution >= 4 is 34.8 Å². The molecule has 0 spiro atoms. The molecule has 1 aromatic carbocycles. The lowest BCUT2D eigenvalue weighted by atomic mass is 10.2. The van der Waals surface area contributed by atoms with Crippen LogP contribution in [-0.4, -0.2) is 30.4 Å². The molecule has 24 heavy (non-hydrogen) atoms. The van der Waals surface area contributed by atoms with Crippen molar-refractivity contribution in [3.8, 4) is 0 Å². The topological polar surface area (TPSA) is 84.5 Å². The molecule has 2 N–H and O–H groups in total. The van der Waals surface area contributed by atoms with Gasteiger partial charge in [-0.2, -0.15) is 0 Å². The van der Waals surface area contributed by atoms with Crippen LogP contribution >= 0.6 is 11.3 Å². The minimum absolute atomic E-state index is 0.279. The van der Waals surface area contributed by atoms with E-state index in [-0.39, 0.29) is 18.4 Å². The Morgan fingerprint density at radius 2 is 2.00 bits per heavy atom. The Morgan fingerprint density at radius 3 is 2.67 bits per heavy atom. The molecule has 2 aromatic rings. The van der Waals surface area contributed by atoms with Gasteiger partial charge in [0.25, 0.3) is 5.91 Å². The summed E-state index contributed by atoms with van der Waals surface area (Å²) in [5.74, 6) is -1.12. The first kappa shape index (κ1) is 17.7. The summed E-state index contributed by atoms with van der Waals surface area (Å²) in [5, 5.41) is 7.09. The van der Waals surface area contributed by atoms with Gasteiger partial charge in [-0.1, -0.05) is 12.1 Å². The molecule has 2 amide bonds. The van der Waals surface area contributed by atoms with Crippen molar-refractivity contribution in [1.82, 2.24) is 5.32 Å². The van der Waals surface area contributed by atoms with Gasteiger partial charge in [-0.3, -0.25) is 9.59 Å². The summed E-state index contributed by atoms with van der Waals surface area (Å²) in [6.45, 7) is 3.60. The molecule has 0 radical (unpaired) electrons. The molecule has 1 atom stereocenters. The maximum absolute atomic E-state index is 12.2. The summed E-state index contributed by atoms with van der Waals surface area (Å²) < 4.78 is 4.92. The van der Waals surface area contributed by atoms with E-state index >= 15 is 0 Å². The standard InChI is InChI=1S/C17H18N2O4S/c1-3-23-17(22)12-6-4-7-13(10-12)19-15(20)11(2)18-16(21)14-8-5-9-24-14/h4-11H,3H2,1-2H3,(H,18,21)(H,19,20). The van der Waals surface area contributed by atoms with E-state index in [0.717, 1.165) is 0 Å². The first-order chi connectivity index (χ1) is 11.5. The van der Waals surface area contributed by atoms with E-state index in [1.165, 1.54) is 17.4 Å². The molecule has 1 aromatic heterocycles. The number of carbonyl (C=O) groups excluding carboxylic acids is 3. The molecule has 1 unspecified atom stereocenters. The monoisotopic (exact) mass is 346 g/mol. The number of thiophene rings is 1. The Labute approximate surface area is 143 Å². The number of amides is 2. The Balaban J connectivity index is 1.97. The molecule has 0 bridgehead atoms. The first-order valence-electron chi connectivity index (χ1n) is 7.43. The smallest absolute Gasteiger partial charge is 0.338 e. The van der Waals surface area contributed by atoms with Crippen molar-refractivity contribution in [2.45, 2.75) is 19.9 Å². The predicted octanol–water partition coefficient (Wildman–Crippen LogP) is 2.68. The molecule has 0 saturated heterocycles. The normalized spacial score (nSPS) is 11.4. The second-order valence-electron chi connectivity index (χ2n) is 4.96. The minimum Gasteiger partial charge on any atom is -0.462 e. The molecule has 0 saturated carbocycles. The molecule has 126 valence electrons. The van der Waals surface area contributed by atoms with Crippen LogP contribution in [0.1, 0.15) is 33.9 Å². The van der Waals surface area contributed by atoms with E-state index in [4.69, 9.17) is 4.74 Å². The average Bonchev–Trinajstić information content (AvgIpc) is 3.10. The van der Waals surface area contributed by atoms with Crippen LogP contribution in [0.4, 0.5) is 5.69 Å². The third-order valence-corrected chi connectivity index (χ3v) is 4.00. The maximum atomic E-state index is 12.2. The Morgan fingerprint density at radius 1 is 1.21 bits per heavy atom. The minimum atomic E-state index is -0.717. The summed E-state index contributed by atoms with van der Waals surface area (Å²) in [4.78, 5) is 36.4. The van der Waals surface area contributed by atoms with Crippen LogP contribution in [-0.2, 0) is 9.53 Å². The zero-order valence-electron chi connectivity index (χ0n) is 13.4. The number of nitrogens with one attached hydrogen (secondary N) is 2. The SMILES string of the molecule is CCOC(=O)c1cccc(NC(=O)C(C)NC(=O)c2cccs2)c1. The number of ether oxygens (including phenoxy) is 1. The fraction of sp³-hybridized carbons (Fsp3) is 0.235. The van der Waals surface area contributed by atoms with Gasteiger partial charge in [-0.15, -0.1) is 11.3 Å². The van der Waals surface area contributed by atoms with Gasteiger partial charge in [0.05, 0.1) is 17.0 Å². The Hall–Kier alpha value is -2.67. The molecule has 0 fully saturated rings. The number of hydrogen-bond donors (Lipinski definition) is 2. The summed E-state index contributed by atoms with van der Waals surface area (Å²) in [6, 6.07) is 9.19. The number of anilines is 1. The van der Waals surface area contributed by atoms with Crippen molar-refractivity contribution in [2.24, 2.45) is 0 Å². The molecule has 0 aliphatic rings. The van der Waals surface area contributed by atoms with E-state index in [1.807, 2.05) is 0 Å². The molecule has 7 heteroatoms. The van der Waals surface area contributed by atoms with Crippen LogP contribution in [0.2, 0.25) is 0 Å². The van der Waals surface area contributed by atoms with Crippen molar-refractivity contribution in [2.75, 3.05) is 11.9 Å². The number of rotatable bonds is 6. The lowest BCUT2D eigenvalue weighted by molar-refractivity contribution is -0.117. The van der Waals surface area contributed by atoms with Crippen LogP contribution in [0.15, 0.2) is 41.8 Å². The number of benzene rings is 1. The zero-order valence-corrected chi connectivity index (χ0v) is 14.2. The van der Waals surface area contributed by atoms with E-state index in [9.17, 15) is 14.4 Å². The van der Waals surface area contributed by atoms with Gasteiger partial charge in [0.15, 0.2) is 0 Å². The second-order valence-corrected chi connectivity index (χ2v) is 5.91. The average molecular weight is 346 g/mol. The van der Waals surface area contributed by atoms with Gasteiger partial charge >= 0.3 is 5.97 Å². The van der Waals surface area contributed by atoms with Gasteiger partial charge < -0.3 is 15.4 Å². The lowest BCUT2D eigenvalue weighted by Gasteiger charge is -2.14. The molecule has 2 rings (SSSR count). The lowest BCUT2D eigenvalue weighted by Crippen LogP contribution is -2.41. The predicted molar refractivity (Wildman–Crippen MR) is 92.3 cm³/mol. The van der Waals surface area contributed by atoms with Crippen LogP contribution in [0, 0.1) is 0 Å². The quantitative estimate of drug-likeness (QED) is 0.788. The largest absolute Gasteiger partial charge is 0.462 e. The summed E-state index contributed by atoms with van der Waals surface area (Å²) in [6.07, 6.45) is 0. The van der Waals surface area contributed by atoms with E-state index < -0.39 is 12.0 Å². The summed E-state index contributed by atoms with van der Waals surface area (Å²) >= 11 is 1.30. The number of esters is 1. The van der Waals surface area contributed by atoms with Crippen molar-refractivity contribution in [1.29, 1.82) is 0 Å². The Bertz CT molecular complexity index is 728. The highest BCUT2D eigenvalue weighted by molar-refractivity contribution is 7.12. The number of hydrogen-bond acceptors (Lipinski definition) is 5. The highest BCUT2D eigenvalue weighted by Crippen LogP contribution is 2.13. The third-order valence-electron chi connectivity index (χ3n) is 3.13. The van der Waals surface area contributed by atoms with Crippen LogP contribution in [0.25, 0.3) is 0 Å². The van der Waals surface area contributed by atoms with Crippen molar-refractivity contribution < 1.29 is 19.1 Å². The van der Waals surface area contributed by atoms with Crippen LogP contribution < -0.4 is 10.6 Å². The van der Waals surface area contributed by atoms with E-state index in [1.54, 1.807) is 49.6 Å². The van der Waals surface area contributed by atoms with Gasteiger partial charge in [-0.05, 0) is 43.5 Å². The van der Waals surface area contributed by atoms with Crippen molar-refractivity contribution in [3.63, 3.8) is 0 Å². The van der Waals surface area contributed by atoms with Gasteiger partial charge in [0.1, 0.15) is 6.04 Å². The molecule has 0 aliphatic carbocycles. The van der Waals surface area contributed by atoms with Gasteiger partial charge in [-0.25, -0.2) is 4.79 Å². The fourth-order valence-corrected chi connectivity index (χ4v) is 2.56. The third kappa shape index (κ3) is 4.66. The highest BCUT2D eigenvalue weighted by atomic mass is 32.1. The zero-order chi connectivity index (χ0) is 17.5. The molecule has 0 aliphatic heterocycles. The van der Waals surface area contributed by atoms with Gasteiger partial charge in [0.2, 0.25) is 5.91 Å². The second kappa shape index (κ2) is 8.26. The Kier molecular flexibility index (Phi) is 6.08. The van der Waals surface area contributed by atoms with Crippen LogP contribution in [0.5, 0.6) is 0 Å².